The second-order valence-electron chi connectivity index (χ2n) is 5.35. The molecule has 0 N–H and O–H groups in total. The molecule has 0 fully saturated rings. The second kappa shape index (κ2) is 7.10. The first-order valence-electron chi connectivity index (χ1n) is 6.32. The molecule has 0 spiro atoms. The fraction of sp³-hybridized carbons (Fsp3) is 0.600. The largest absolute Gasteiger partial charge is 0.379 e. The highest BCUT2D eigenvalue weighted by atomic mass is 35.5. The molecule has 0 saturated heterocycles. The van der Waals surface area contributed by atoms with Crippen LogP contribution in [0.15, 0.2) is 24.3 Å². The van der Waals surface area contributed by atoms with Crippen molar-refractivity contribution in [3.8, 4) is 0 Å². The Morgan fingerprint density at radius 2 is 1.89 bits per heavy atom. The van der Waals surface area contributed by atoms with E-state index < -0.39 is 0 Å². The molecule has 1 aromatic rings. The molecular weight excluding hydrogens is 251 g/mol. The number of methoxy groups -OCH3 is 1. The van der Waals surface area contributed by atoms with Crippen molar-refractivity contribution >= 4 is 11.6 Å². The van der Waals surface area contributed by atoms with Gasteiger partial charge in [0.1, 0.15) is 5.82 Å². The summed E-state index contributed by atoms with van der Waals surface area (Å²) in [5, 5.41) is 0. The van der Waals surface area contributed by atoms with Crippen LogP contribution in [0.3, 0.4) is 0 Å². The van der Waals surface area contributed by atoms with E-state index in [2.05, 4.69) is 13.8 Å². The van der Waals surface area contributed by atoms with Crippen molar-refractivity contribution in [3.05, 3.63) is 35.6 Å². The first-order valence-corrected chi connectivity index (χ1v) is 6.86. The number of ether oxygens (including phenoxy) is 1. The summed E-state index contributed by atoms with van der Waals surface area (Å²) in [5.41, 5.74) is 1.03. The van der Waals surface area contributed by atoms with Crippen LogP contribution in [-0.2, 0) is 11.2 Å². The van der Waals surface area contributed by atoms with E-state index in [0.717, 1.165) is 24.8 Å². The molecule has 0 heterocycles. The maximum atomic E-state index is 12.8. The number of hydrogen-bond donors (Lipinski definition) is 0. The lowest BCUT2D eigenvalue weighted by Crippen LogP contribution is -2.24. The van der Waals surface area contributed by atoms with Crippen LogP contribution in [0.2, 0.25) is 0 Å². The van der Waals surface area contributed by atoms with Crippen molar-refractivity contribution in [1.29, 1.82) is 0 Å². The van der Waals surface area contributed by atoms with Gasteiger partial charge in [-0.1, -0.05) is 12.1 Å². The van der Waals surface area contributed by atoms with Crippen molar-refractivity contribution in [3.63, 3.8) is 0 Å². The predicted molar refractivity (Wildman–Crippen MR) is 74.6 cm³/mol. The van der Waals surface area contributed by atoms with Crippen LogP contribution in [0, 0.1) is 11.7 Å². The van der Waals surface area contributed by atoms with E-state index in [4.69, 9.17) is 16.3 Å². The normalized spacial score (nSPS) is 13.6. The molecule has 0 aliphatic carbocycles. The van der Waals surface area contributed by atoms with E-state index in [1.54, 1.807) is 7.11 Å². The lowest BCUT2D eigenvalue weighted by atomic mass is 9.91. The van der Waals surface area contributed by atoms with E-state index in [9.17, 15) is 4.39 Å². The Morgan fingerprint density at radius 3 is 2.39 bits per heavy atom. The summed E-state index contributed by atoms with van der Waals surface area (Å²) in [5.74, 6) is 0.838. The standard InChI is InChI=1S/C15H22ClFO/c1-15(2,18-3)9-8-13(11-16)10-12-4-6-14(17)7-5-12/h4-7,13H,8-11H2,1-3H3. The topological polar surface area (TPSA) is 9.23 Å². The lowest BCUT2D eigenvalue weighted by Gasteiger charge is -2.25. The zero-order chi connectivity index (χ0) is 13.6. The Kier molecular flexibility index (Phi) is 6.10. The van der Waals surface area contributed by atoms with Gasteiger partial charge in [-0.05, 0) is 56.7 Å². The quantitative estimate of drug-likeness (QED) is 0.667. The Balaban J connectivity index is 2.49. The third-order valence-electron chi connectivity index (χ3n) is 3.36. The molecule has 0 amide bonds. The second-order valence-corrected chi connectivity index (χ2v) is 5.66. The highest BCUT2D eigenvalue weighted by molar-refractivity contribution is 6.18. The molecule has 1 unspecified atom stereocenters. The summed E-state index contributed by atoms with van der Waals surface area (Å²) in [6.45, 7) is 4.16. The molecule has 18 heavy (non-hydrogen) atoms. The fourth-order valence-electron chi connectivity index (χ4n) is 1.84. The van der Waals surface area contributed by atoms with Crippen LogP contribution in [0.5, 0.6) is 0 Å². The first kappa shape index (κ1) is 15.5. The molecule has 102 valence electrons. The van der Waals surface area contributed by atoms with E-state index >= 15 is 0 Å². The van der Waals surface area contributed by atoms with Crippen molar-refractivity contribution in [1.82, 2.24) is 0 Å². The van der Waals surface area contributed by atoms with Gasteiger partial charge in [0, 0.05) is 13.0 Å². The van der Waals surface area contributed by atoms with Crippen LogP contribution >= 0.6 is 11.6 Å². The Morgan fingerprint density at radius 1 is 1.28 bits per heavy atom. The molecule has 0 aliphatic heterocycles. The number of benzene rings is 1. The predicted octanol–water partition coefficient (Wildman–Crippen LogP) is 4.43. The van der Waals surface area contributed by atoms with Gasteiger partial charge in [0.15, 0.2) is 0 Å². The average molecular weight is 273 g/mol. The van der Waals surface area contributed by atoms with Gasteiger partial charge in [0.2, 0.25) is 0 Å². The van der Waals surface area contributed by atoms with Gasteiger partial charge < -0.3 is 4.74 Å². The minimum atomic E-state index is -0.193. The molecule has 0 aliphatic rings. The molecule has 0 radical (unpaired) electrons. The molecule has 1 atom stereocenters. The lowest BCUT2D eigenvalue weighted by molar-refractivity contribution is 0.0110. The van der Waals surface area contributed by atoms with Gasteiger partial charge in [-0.2, -0.15) is 0 Å². The SMILES string of the molecule is COC(C)(C)CCC(CCl)Cc1ccc(F)cc1. The van der Waals surface area contributed by atoms with Crippen molar-refractivity contribution in [2.24, 2.45) is 5.92 Å². The molecule has 0 saturated carbocycles. The molecule has 0 aromatic heterocycles. The zero-order valence-corrected chi connectivity index (χ0v) is 12.1. The summed E-state index contributed by atoms with van der Waals surface area (Å²) < 4.78 is 18.2. The summed E-state index contributed by atoms with van der Waals surface area (Å²) in [4.78, 5) is 0. The number of alkyl halides is 1. The van der Waals surface area contributed by atoms with Crippen molar-refractivity contribution < 1.29 is 9.13 Å². The molecular formula is C15H22ClFO. The third-order valence-corrected chi connectivity index (χ3v) is 3.80. The van der Waals surface area contributed by atoms with Crippen molar-refractivity contribution in [2.75, 3.05) is 13.0 Å². The number of rotatable bonds is 7. The van der Waals surface area contributed by atoms with Crippen LogP contribution in [0.25, 0.3) is 0 Å². The summed E-state index contributed by atoms with van der Waals surface area (Å²) in [6.07, 6.45) is 2.88. The van der Waals surface area contributed by atoms with Crippen LogP contribution < -0.4 is 0 Å². The van der Waals surface area contributed by atoms with Crippen molar-refractivity contribution in [2.45, 2.75) is 38.7 Å². The maximum absolute atomic E-state index is 12.8. The van der Waals surface area contributed by atoms with Gasteiger partial charge in [0.05, 0.1) is 5.60 Å². The van der Waals surface area contributed by atoms with Crippen LogP contribution in [0.4, 0.5) is 4.39 Å². The number of halogens is 2. The average Bonchev–Trinajstić information content (AvgIpc) is 2.37. The minimum absolute atomic E-state index is 0.104. The van der Waals surface area contributed by atoms with Gasteiger partial charge in [-0.15, -0.1) is 11.6 Å². The van der Waals surface area contributed by atoms with Gasteiger partial charge in [0.25, 0.3) is 0 Å². The Hall–Kier alpha value is -0.600. The smallest absolute Gasteiger partial charge is 0.123 e. The minimum Gasteiger partial charge on any atom is -0.379 e. The molecule has 1 rings (SSSR count). The fourth-order valence-corrected chi connectivity index (χ4v) is 2.10. The summed E-state index contributed by atoms with van der Waals surface area (Å²) in [6, 6.07) is 6.66. The van der Waals surface area contributed by atoms with E-state index in [1.165, 1.54) is 12.1 Å². The molecule has 3 heteroatoms. The van der Waals surface area contributed by atoms with E-state index in [1.807, 2.05) is 12.1 Å². The van der Waals surface area contributed by atoms with Gasteiger partial charge in [-0.3, -0.25) is 0 Å². The Labute approximate surface area is 114 Å². The third kappa shape index (κ3) is 5.36. The van der Waals surface area contributed by atoms with Crippen LogP contribution in [0.1, 0.15) is 32.3 Å². The summed E-state index contributed by atoms with van der Waals surface area (Å²) in [7, 11) is 1.73. The highest BCUT2D eigenvalue weighted by Crippen LogP contribution is 2.23. The number of hydrogen-bond acceptors (Lipinski definition) is 1. The molecule has 1 nitrogen and oxygen atoms in total. The van der Waals surface area contributed by atoms with Gasteiger partial charge >= 0.3 is 0 Å². The Bertz CT molecular complexity index is 348. The zero-order valence-electron chi connectivity index (χ0n) is 11.4. The van der Waals surface area contributed by atoms with Gasteiger partial charge in [-0.25, -0.2) is 4.39 Å². The van der Waals surface area contributed by atoms with Crippen LogP contribution in [-0.4, -0.2) is 18.6 Å². The monoisotopic (exact) mass is 272 g/mol. The molecule has 1 aromatic carbocycles. The summed E-state index contributed by atoms with van der Waals surface area (Å²) >= 11 is 6.01. The van der Waals surface area contributed by atoms with E-state index in [-0.39, 0.29) is 11.4 Å². The highest BCUT2D eigenvalue weighted by Gasteiger charge is 2.19. The molecule has 0 bridgehead atoms. The first-order chi connectivity index (χ1) is 8.46. The van der Waals surface area contributed by atoms with E-state index in [0.29, 0.717) is 11.8 Å². The maximum Gasteiger partial charge on any atom is 0.123 e.